The molecule has 0 saturated carbocycles. The molecule has 7 heteroatoms. The number of carbonyl (C=O) groups is 1. The zero-order valence-corrected chi connectivity index (χ0v) is 18.6. The molecule has 0 fully saturated rings. The Kier molecular flexibility index (Phi) is 5.09. The summed E-state index contributed by atoms with van der Waals surface area (Å²) in [4.78, 5) is 20.3. The monoisotopic (exact) mass is 441 g/mol. The summed E-state index contributed by atoms with van der Waals surface area (Å²) in [7, 11) is 3.99. The predicted molar refractivity (Wildman–Crippen MR) is 130 cm³/mol. The molecule has 0 spiro atoms. The van der Waals surface area contributed by atoms with Gasteiger partial charge in [-0.15, -0.1) is 0 Å². The molecule has 0 radical (unpaired) electrons. The molecule has 1 aliphatic rings. The van der Waals surface area contributed by atoms with Crippen LogP contribution < -0.4 is 15.5 Å². The lowest BCUT2D eigenvalue weighted by Crippen LogP contribution is -2.31. The molecular weight excluding hydrogens is 417 g/mol. The first-order valence-corrected chi connectivity index (χ1v) is 10.7. The number of rotatable bonds is 4. The van der Waals surface area contributed by atoms with E-state index < -0.39 is 0 Å². The SMILES string of the molecule is CC1=C(C(=O)Nc2ccc(F)cc2)[C@H](c2ccc(N(C)C)cc2)n2c(nc3ccccc32)N1. The fourth-order valence-electron chi connectivity index (χ4n) is 4.26. The van der Waals surface area contributed by atoms with Crippen molar-refractivity contribution in [3.63, 3.8) is 0 Å². The average molecular weight is 442 g/mol. The molecule has 0 saturated heterocycles. The third kappa shape index (κ3) is 3.71. The van der Waals surface area contributed by atoms with Crippen molar-refractivity contribution >= 4 is 34.3 Å². The number of amides is 1. The number of hydrogen-bond donors (Lipinski definition) is 2. The Morgan fingerprint density at radius 3 is 2.42 bits per heavy atom. The molecule has 6 nitrogen and oxygen atoms in total. The van der Waals surface area contributed by atoms with Crippen LogP contribution in [0.4, 0.5) is 21.7 Å². The topological polar surface area (TPSA) is 62.2 Å². The first kappa shape index (κ1) is 20.8. The predicted octanol–water partition coefficient (Wildman–Crippen LogP) is 5.17. The maximum atomic E-state index is 13.5. The van der Waals surface area contributed by atoms with E-state index in [0.29, 0.717) is 17.2 Å². The van der Waals surface area contributed by atoms with Crippen LogP contribution in [0.25, 0.3) is 11.0 Å². The lowest BCUT2D eigenvalue weighted by molar-refractivity contribution is -0.113. The van der Waals surface area contributed by atoms with Crippen molar-refractivity contribution in [2.24, 2.45) is 0 Å². The van der Waals surface area contributed by atoms with Crippen LogP contribution in [0.1, 0.15) is 18.5 Å². The van der Waals surface area contributed by atoms with Gasteiger partial charge in [-0.2, -0.15) is 0 Å². The number of benzene rings is 3. The van der Waals surface area contributed by atoms with Crippen molar-refractivity contribution in [1.82, 2.24) is 9.55 Å². The van der Waals surface area contributed by atoms with Gasteiger partial charge in [-0.05, 0) is 61.0 Å². The van der Waals surface area contributed by atoms with Crippen LogP contribution >= 0.6 is 0 Å². The summed E-state index contributed by atoms with van der Waals surface area (Å²) in [6.07, 6.45) is 0. The summed E-state index contributed by atoms with van der Waals surface area (Å²) < 4.78 is 15.4. The molecule has 0 unspecified atom stereocenters. The largest absolute Gasteiger partial charge is 0.378 e. The van der Waals surface area contributed by atoms with Crippen molar-refractivity contribution in [2.75, 3.05) is 29.6 Å². The molecule has 3 aromatic carbocycles. The van der Waals surface area contributed by atoms with E-state index in [4.69, 9.17) is 4.98 Å². The van der Waals surface area contributed by atoms with E-state index in [0.717, 1.165) is 28.0 Å². The average Bonchev–Trinajstić information content (AvgIpc) is 3.17. The second-order valence-electron chi connectivity index (χ2n) is 8.31. The van der Waals surface area contributed by atoms with Crippen LogP contribution in [-0.4, -0.2) is 29.6 Å². The minimum atomic E-state index is -0.384. The zero-order valence-electron chi connectivity index (χ0n) is 18.6. The van der Waals surface area contributed by atoms with Gasteiger partial charge >= 0.3 is 0 Å². The number of fused-ring (bicyclic) bond motifs is 3. The third-order valence-corrected chi connectivity index (χ3v) is 5.90. The molecule has 33 heavy (non-hydrogen) atoms. The van der Waals surface area contributed by atoms with E-state index >= 15 is 0 Å². The highest BCUT2D eigenvalue weighted by Crippen LogP contribution is 2.39. The van der Waals surface area contributed by atoms with E-state index in [1.165, 1.54) is 12.1 Å². The van der Waals surface area contributed by atoms with Crippen molar-refractivity contribution in [3.8, 4) is 0 Å². The minimum absolute atomic E-state index is 0.253. The Balaban J connectivity index is 1.64. The maximum Gasteiger partial charge on any atom is 0.255 e. The Morgan fingerprint density at radius 2 is 1.73 bits per heavy atom. The number of nitrogens with zero attached hydrogens (tertiary/aromatic N) is 3. The summed E-state index contributed by atoms with van der Waals surface area (Å²) in [6.45, 7) is 1.88. The molecule has 4 aromatic rings. The first-order chi connectivity index (χ1) is 15.9. The number of carbonyl (C=O) groups excluding carboxylic acids is 1. The number of allylic oxidation sites excluding steroid dienone is 1. The number of hydrogen-bond acceptors (Lipinski definition) is 4. The van der Waals surface area contributed by atoms with Gasteiger partial charge in [0, 0.05) is 31.2 Å². The first-order valence-electron chi connectivity index (χ1n) is 10.7. The molecule has 0 aliphatic carbocycles. The molecule has 1 atom stereocenters. The van der Waals surface area contributed by atoms with E-state index in [-0.39, 0.29) is 17.8 Å². The molecule has 0 bridgehead atoms. The number of anilines is 3. The van der Waals surface area contributed by atoms with Crippen LogP contribution in [0.3, 0.4) is 0 Å². The summed E-state index contributed by atoms with van der Waals surface area (Å²) in [5.74, 6) is 0.0848. The fourth-order valence-corrected chi connectivity index (χ4v) is 4.26. The summed E-state index contributed by atoms with van der Waals surface area (Å²) in [5, 5.41) is 6.23. The zero-order chi connectivity index (χ0) is 23.1. The van der Waals surface area contributed by atoms with E-state index in [1.807, 2.05) is 74.4 Å². The number of imidazole rings is 1. The second-order valence-corrected chi connectivity index (χ2v) is 8.31. The lowest BCUT2D eigenvalue weighted by Gasteiger charge is -2.31. The Morgan fingerprint density at radius 1 is 1.03 bits per heavy atom. The van der Waals surface area contributed by atoms with Crippen molar-refractivity contribution in [1.29, 1.82) is 0 Å². The molecule has 166 valence electrons. The molecule has 1 amide bonds. The minimum Gasteiger partial charge on any atom is -0.378 e. The van der Waals surface area contributed by atoms with Crippen LogP contribution in [0, 0.1) is 5.82 Å². The van der Waals surface area contributed by atoms with Gasteiger partial charge in [-0.3, -0.25) is 9.36 Å². The van der Waals surface area contributed by atoms with Gasteiger partial charge in [-0.1, -0.05) is 24.3 Å². The van der Waals surface area contributed by atoms with Gasteiger partial charge < -0.3 is 15.5 Å². The summed E-state index contributed by atoms with van der Waals surface area (Å²) >= 11 is 0. The highest BCUT2D eigenvalue weighted by atomic mass is 19.1. The number of aromatic nitrogens is 2. The smallest absolute Gasteiger partial charge is 0.255 e. The van der Waals surface area contributed by atoms with Gasteiger partial charge in [0.25, 0.3) is 5.91 Å². The Labute approximate surface area is 191 Å². The van der Waals surface area contributed by atoms with E-state index in [2.05, 4.69) is 15.2 Å². The van der Waals surface area contributed by atoms with Crippen LogP contribution in [-0.2, 0) is 4.79 Å². The van der Waals surface area contributed by atoms with Crippen LogP contribution in [0.5, 0.6) is 0 Å². The van der Waals surface area contributed by atoms with Crippen LogP contribution in [0.2, 0.25) is 0 Å². The van der Waals surface area contributed by atoms with Crippen molar-refractivity contribution in [3.05, 3.63) is 95.4 Å². The third-order valence-electron chi connectivity index (χ3n) is 5.90. The van der Waals surface area contributed by atoms with Gasteiger partial charge in [-0.25, -0.2) is 9.37 Å². The van der Waals surface area contributed by atoms with E-state index in [1.54, 1.807) is 12.1 Å². The van der Waals surface area contributed by atoms with Gasteiger partial charge in [0.05, 0.1) is 22.6 Å². The summed E-state index contributed by atoms with van der Waals surface area (Å²) in [6, 6.07) is 21.4. The van der Waals surface area contributed by atoms with Gasteiger partial charge in [0.2, 0.25) is 5.95 Å². The summed E-state index contributed by atoms with van der Waals surface area (Å²) in [5.41, 5.74) is 5.65. The highest BCUT2D eigenvalue weighted by molar-refractivity contribution is 6.06. The molecular formula is C26H24FN5O. The molecule has 1 aromatic heterocycles. The standard InChI is InChI=1S/C26H24FN5O/c1-16-23(25(33)29-19-12-10-18(27)11-13-19)24(17-8-14-20(15-9-17)31(2)3)32-22-7-5-4-6-21(22)30-26(32)28-16/h4-15,24H,1-3H3,(H,28,30)(H,29,33)/t24-/m0/s1. The lowest BCUT2D eigenvalue weighted by atomic mass is 9.94. The van der Waals surface area contributed by atoms with Gasteiger partial charge in [0.15, 0.2) is 0 Å². The molecule has 2 N–H and O–H groups in total. The quantitative estimate of drug-likeness (QED) is 0.459. The molecule has 2 heterocycles. The normalized spacial score (nSPS) is 15.2. The van der Waals surface area contributed by atoms with E-state index in [9.17, 15) is 9.18 Å². The highest BCUT2D eigenvalue weighted by Gasteiger charge is 2.34. The number of para-hydroxylation sites is 2. The Bertz CT molecular complexity index is 1370. The second kappa shape index (κ2) is 8.09. The van der Waals surface area contributed by atoms with Crippen molar-refractivity contribution in [2.45, 2.75) is 13.0 Å². The molecule has 5 rings (SSSR count). The van der Waals surface area contributed by atoms with Crippen LogP contribution in [0.15, 0.2) is 84.1 Å². The Hall–Kier alpha value is -4.13. The van der Waals surface area contributed by atoms with Gasteiger partial charge in [0.1, 0.15) is 5.82 Å². The maximum absolute atomic E-state index is 13.5. The molecule has 1 aliphatic heterocycles. The fraction of sp³-hybridized carbons (Fsp3) is 0.154. The number of nitrogens with one attached hydrogen (secondary N) is 2. The van der Waals surface area contributed by atoms with Crippen molar-refractivity contribution < 1.29 is 9.18 Å². The number of halogens is 1.